The van der Waals surface area contributed by atoms with Crippen molar-refractivity contribution < 1.29 is 9.90 Å². The number of anilines is 1. The van der Waals surface area contributed by atoms with Crippen molar-refractivity contribution in [3.63, 3.8) is 0 Å². The third-order valence-electron chi connectivity index (χ3n) is 4.49. The van der Waals surface area contributed by atoms with Crippen molar-refractivity contribution in [2.45, 2.75) is 32.4 Å². The average molecular weight is 404 g/mol. The fraction of sp³-hybridized carbons (Fsp3) is 0.368. The van der Waals surface area contributed by atoms with Crippen molar-refractivity contribution in [1.82, 2.24) is 10.3 Å². The number of aromatic nitrogens is 1. The molecule has 1 aromatic carbocycles. The van der Waals surface area contributed by atoms with Gasteiger partial charge in [-0.15, -0.1) is 0 Å². The van der Waals surface area contributed by atoms with Gasteiger partial charge < -0.3 is 15.3 Å². The summed E-state index contributed by atoms with van der Waals surface area (Å²) in [5.41, 5.74) is 3.49. The quantitative estimate of drug-likeness (QED) is 0.804. The lowest BCUT2D eigenvalue weighted by Gasteiger charge is -2.26. The lowest BCUT2D eigenvalue weighted by Crippen LogP contribution is -2.32. The van der Waals surface area contributed by atoms with Crippen LogP contribution in [0.4, 0.5) is 5.69 Å². The van der Waals surface area contributed by atoms with Crippen LogP contribution in [-0.4, -0.2) is 35.2 Å². The first-order chi connectivity index (χ1) is 12.1. The number of hydrogen-bond donors (Lipinski definition) is 2. The van der Waals surface area contributed by atoms with Crippen molar-refractivity contribution >= 4 is 27.5 Å². The van der Waals surface area contributed by atoms with Gasteiger partial charge in [0.25, 0.3) is 5.91 Å². The molecule has 1 fully saturated rings. The summed E-state index contributed by atoms with van der Waals surface area (Å²) < 4.78 is 0.857. The summed E-state index contributed by atoms with van der Waals surface area (Å²) >= 11 is 3.50. The van der Waals surface area contributed by atoms with E-state index in [1.807, 2.05) is 37.3 Å². The van der Waals surface area contributed by atoms with Crippen molar-refractivity contribution in [2.75, 3.05) is 18.1 Å². The third kappa shape index (κ3) is 4.38. The number of benzene rings is 1. The predicted molar refractivity (Wildman–Crippen MR) is 102 cm³/mol. The van der Waals surface area contributed by atoms with Gasteiger partial charge in [-0.2, -0.15) is 0 Å². The van der Waals surface area contributed by atoms with E-state index in [2.05, 4.69) is 31.1 Å². The van der Waals surface area contributed by atoms with Crippen molar-refractivity contribution in [2.24, 2.45) is 0 Å². The van der Waals surface area contributed by atoms with Gasteiger partial charge in [-0.1, -0.05) is 22.0 Å². The van der Waals surface area contributed by atoms with Gasteiger partial charge in [0.1, 0.15) is 0 Å². The Labute approximate surface area is 156 Å². The van der Waals surface area contributed by atoms with Crippen LogP contribution >= 0.6 is 15.9 Å². The highest BCUT2D eigenvalue weighted by Gasteiger charge is 2.24. The summed E-state index contributed by atoms with van der Waals surface area (Å²) in [6, 6.07) is 9.72. The van der Waals surface area contributed by atoms with Gasteiger partial charge in [0.05, 0.1) is 12.6 Å². The maximum absolute atomic E-state index is 12.5. The zero-order valence-electron chi connectivity index (χ0n) is 14.2. The smallest absolute Gasteiger partial charge is 0.251 e. The molecule has 1 aliphatic heterocycles. The molecule has 5 nitrogen and oxygen atoms in total. The summed E-state index contributed by atoms with van der Waals surface area (Å²) in [4.78, 5) is 18.9. The van der Waals surface area contributed by atoms with Gasteiger partial charge in [0.15, 0.2) is 0 Å². The molecule has 2 aromatic rings. The van der Waals surface area contributed by atoms with E-state index >= 15 is 0 Å². The second-order valence-corrected chi connectivity index (χ2v) is 7.28. The van der Waals surface area contributed by atoms with E-state index in [4.69, 9.17) is 0 Å². The van der Waals surface area contributed by atoms with E-state index in [0.717, 1.165) is 40.8 Å². The lowest BCUT2D eigenvalue weighted by atomic mass is 10.1. The summed E-state index contributed by atoms with van der Waals surface area (Å²) in [6.07, 6.45) is 3.81. The largest absolute Gasteiger partial charge is 0.394 e. The van der Waals surface area contributed by atoms with Gasteiger partial charge in [0.2, 0.25) is 0 Å². The summed E-state index contributed by atoms with van der Waals surface area (Å²) in [6.45, 7) is 3.41. The first-order valence-corrected chi connectivity index (χ1v) is 9.24. The Balaban J connectivity index is 1.72. The molecule has 0 radical (unpaired) electrons. The summed E-state index contributed by atoms with van der Waals surface area (Å²) in [7, 11) is 0. The minimum absolute atomic E-state index is 0.122. The first-order valence-electron chi connectivity index (χ1n) is 8.44. The molecule has 6 heteroatoms. The number of aryl methyl sites for hydroxylation is 1. The molecule has 3 rings (SSSR count). The van der Waals surface area contributed by atoms with Gasteiger partial charge in [0, 0.05) is 40.7 Å². The molecule has 1 amide bonds. The predicted octanol–water partition coefficient (Wildman–Crippen LogP) is 3.04. The molecule has 0 saturated carbocycles. The maximum atomic E-state index is 12.5. The monoisotopic (exact) mass is 403 g/mol. The van der Waals surface area contributed by atoms with Crippen molar-refractivity contribution in [1.29, 1.82) is 0 Å². The summed E-state index contributed by atoms with van der Waals surface area (Å²) in [5, 5.41) is 12.5. The Bertz CT molecular complexity index is 749. The molecule has 132 valence electrons. The Morgan fingerprint density at radius 3 is 2.96 bits per heavy atom. The number of nitrogens with one attached hydrogen (secondary N) is 1. The molecule has 2 N–H and O–H groups in total. The molecule has 25 heavy (non-hydrogen) atoms. The van der Waals surface area contributed by atoms with Gasteiger partial charge >= 0.3 is 0 Å². The number of rotatable bonds is 5. The molecule has 0 unspecified atom stereocenters. The van der Waals surface area contributed by atoms with E-state index in [1.54, 1.807) is 6.20 Å². The topological polar surface area (TPSA) is 65.5 Å². The third-order valence-corrected chi connectivity index (χ3v) is 4.95. The molecular formula is C19H22BrN3O2. The van der Waals surface area contributed by atoms with Crippen molar-refractivity contribution in [3.05, 3.63) is 57.8 Å². The second kappa shape index (κ2) is 7.97. The van der Waals surface area contributed by atoms with Gasteiger partial charge in [-0.05, 0) is 49.6 Å². The Morgan fingerprint density at radius 2 is 2.24 bits per heavy atom. The van der Waals surface area contributed by atoms with Crippen LogP contribution in [0.15, 0.2) is 41.0 Å². The van der Waals surface area contributed by atoms with Crippen LogP contribution in [0.5, 0.6) is 0 Å². The SMILES string of the molecule is Cc1ccc(CNC(=O)c2cc(Br)cc(N3CCC[C@@H]3CO)c2)cn1. The van der Waals surface area contributed by atoms with Crippen LogP contribution < -0.4 is 10.2 Å². The molecule has 1 saturated heterocycles. The lowest BCUT2D eigenvalue weighted by molar-refractivity contribution is 0.0951. The number of halogens is 1. The number of aliphatic hydroxyl groups excluding tert-OH is 1. The van der Waals surface area contributed by atoms with E-state index in [9.17, 15) is 9.90 Å². The first kappa shape index (κ1) is 17.9. The highest BCUT2D eigenvalue weighted by molar-refractivity contribution is 9.10. The fourth-order valence-corrected chi connectivity index (χ4v) is 3.61. The Morgan fingerprint density at radius 1 is 1.40 bits per heavy atom. The molecule has 1 atom stereocenters. The number of amides is 1. The van der Waals surface area contributed by atoms with Gasteiger partial charge in [-0.25, -0.2) is 0 Å². The van der Waals surface area contributed by atoms with Crippen LogP contribution in [-0.2, 0) is 6.54 Å². The normalized spacial score (nSPS) is 16.9. The standard InChI is InChI=1S/C19H22BrN3O2/c1-13-4-5-14(10-21-13)11-22-19(25)15-7-16(20)9-18(8-15)23-6-2-3-17(23)12-24/h4-5,7-10,17,24H,2-3,6,11-12H2,1H3,(H,22,25)/t17-/m1/s1. The highest BCUT2D eigenvalue weighted by atomic mass is 79.9. The summed E-state index contributed by atoms with van der Waals surface area (Å²) in [5.74, 6) is -0.122. The number of nitrogens with zero attached hydrogens (tertiary/aromatic N) is 2. The van der Waals surface area contributed by atoms with E-state index in [0.29, 0.717) is 12.1 Å². The number of carbonyl (C=O) groups is 1. The number of hydrogen-bond acceptors (Lipinski definition) is 4. The van der Waals surface area contributed by atoms with E-state index < -0.39 is 0 Å². The zero-order chi connectivity index (χ0) is 17.8. The maximum Gasteiger partial charge on any atom is 0.251 e. The van der Waals surface area contributed by atoms with Crippen LogP contribution in [0.2, 0.25) is 0 Å². The van der Waals surface area contributed by atoms with Crippen LogP contribution in [0.1, 0.15) is 34.5 Å². The van der Waals surface area contributed by atoms with Crippen molar-refractivity contribution in [3.8, 4) is 0 Å². The molecule has 1 aromatic heterocycles. The number of aliphatic hydroxyl groups is 1. The van der Waals surface area contributed by atoms with Crippen LogP contribution in [0.25, 0.3) is 0 Å². The van der Waals surface area contributed by atoms with Crippen LogP contribution in [0, 0.1) is 6.92 Å². The molecule has 1 aliphatic rings. The molecule has 0 spiro atoms. The second-order valence-electron chi connectivity index (χ2n) is 6.36. The molecule has 0 aliphatic carbocycles. The number of carbonyl (C=O) groups excluding carboxylic acids is 1. The average Bonchev–Trinajstić information content (AvgIpc) is 3.09. The molecule has 2 heterocycles. The minimum Gasteiger partial charge on any atom is -0.394 e. The molecule has 0 bridgehead atoms. The number of pyridine rings is 1. The fourth-order valence-electron chi connectivity index (χ4n) is 3.12. The van der Waals surface area contributed by atoms with E-state index in [-0.39, 0.29) is 18.6 Å². The Kier molecular flexibility index (Phi) is 5.71. The minimum atomic E-state index is -0.122. The van der Waals surface area contributed by atoms with Gasteiger partial charge in [-0.3, -0.25) is 9.78 Å². The molecular weight excluding hydrogens is 382 g/mol. The van der Waals surface area contributed by atoms with Crippen LogP contribution in [0.3, 0.4) is 0 Å². The highest BCUT2D eigenvalue weighted by Crippen LogP contribution is 2.29. The zero-order valence-corrected chi connectivity index (χ0v) is 15.8. The van der Waals surface area contributed by atoms with E-state index in [1.165, 1.54) is 0 Å². The Hall–Kier alpha value is -1.92.